The van der Waals surface area contributed by atoms with E-state index in [0.29, 0.717) is 6.54 Å². The molecule has 6 rings (SSSR count). The van der Waals surface area contributed by atoms with Crippen LogP contribution >= 0.6 is 0 Å². The number of fused-ring (bicyclic) bond motifs is 1. The Bertz CT molecular complexity index is 1180. The van der Waals surface area contributed by atoms with Gasteiger partial charge in [-0.1, -0.05) is 61.6 Å². The van der Waals surface area contributed by atoms with Crippen LogP contribution in [0.4, 0.5) is 0 Å². The van der Waals surface area contributed by atoms with Gasteiger partial charge < -0.3 is 4.90 Å². The molecule has 1 aromatic heterocycles. The van der Waals surface area contributed by atoms with Crippen LogP contribution < -0.4 is 0 Å². The third-order valence-corrected chi connectivity index (χ3v) is 6.94. The molecule has 0 radical (unpaired) electrons. The Morgan fingerprint density at radius 3 is 2.79 bits per heavy atom. The number of hydrogen-bond donors (Lipinski definition) is 0. The molecule has 0 spiro atoms. The second-order valence-corrected chi connectivity index (χ2v) is 9.23. The SMILES string of the molecule is CC1(C)C(=O)N2Cc3cccc4c3-c3c(nnn3C4(C)C)C3=C2[C@@H]1C=CC=C3. The van der Waals surface area contributed by atoms with E-state index in [0.717, 1.165) is 22.7 Å². The van der Waals surface area contributed by atoms with Crippen molar-refractivity contribution in [2.75, 3.05) is 0 Å². The van der Waals surface area contributed by atoms with Gasteiger partial charge in [0.1, 0.15) is 5.69 Å². The van der Waals surface area contributed by atoms with Crippen molar-refractivity contribution in [1.29, 1.82) is 0 Å². The zero-order chi connectivity index (χ0) is 19.4. The van der Waals surface area contributed by atoms with Gasteiger partial charge in [-0.15, -0.1) is 5.10 Å². The van der Waals surface area contributed by atoms with E-state index in [4.69, 9.17) is 0 Å². The van der Waals surface area contributed by atoms with Crippen LogP contribution in [0, 0.1) is 11.3 Å². The minimum Gasteiger partial charge on any atom is -0.310 e. The molecular formula is C23H22N4O. The molecular weight excluding hydrogens is 348 g/mol. The highest BCUT2D eigenvalue weighted by Gasteiger charge is 2.52. The minimum atomic E-state index is -0.481. The van der Waals surface area contributed by atoms with Gasteiger partial charge in [-0.2, -0.15) is 0 Å². The van der Waals surface area contributed by atoms with E-state index in [1.54, 1.807) is 0 Å². The second kappa shape index (κ2) is 4.72. The summed E-state index contributed by atoms with van der Waals surface area (Å²) in [5.41, 5.74) is 6.91. The van der Waals surface area contributed by atoms with Crippen LogP contribution in [0.15, 0.2) is 48.2 Å². The molecule has 1 fully saturated rings. The molecule has 140 valence electrons. The van der Waals surface area contributed by atoms with Crippen LogP contribution in [-0.4, -0.2) is 25.8 Å². The van der Waals surface area contributed by atoms with Crippen molar-refractivity contribution in [1.82, 2.24) is 19.9 Å². The molecule has 4 aliphatic rings. The first-order valence-corrected chi connectivity index (χ1v) is 9.84. The number of hydrogen-bond acceptors (Lipinski definition) is 3. The van der Waals surface area contributed by atoms with E-state index in [-0.39, 0.29) is 17.4 Å². The molecule has 0 bridgehead atoms. The monoisotopic (exact) mass is 370 g/mol. The Kier molecular flexibility index (Phi) is 2.70. The summed E-state index contributed by atoms with van der Waals surface area (Å²) in [5.74, 6) is 0.206. The van der Waals surface area contributed by atoms with Crippen molar-refractivity contribution in [3.8, 4) is 11.3 Å². The van der Waals surface area contributed by atoms with E-state index >= 15 is 0 Å². The highest BCUT2D eigenvalue weighted by molar-refractivity contribution is 5.96. The maximum absolute atomic E-state index is 13.5. The first-order chi connectivity index (χ1) is 13.3. The summed E-state index contributed by atoms with van der Waals surface area (Å²) in [5, 5.41) is 9.20. The number of carbonyl (C=O) groups excluding carboxylic acids is 1. The van der Waals surface area contributed by atoms with Gasteiger partial charge in [-0.3, -0.25) is 4.79 Å². The van der Waals surface area contributed by atoms with Crippen molar-refractivity contribution in [2.45, 2.75) is 39.8 Å². The molecule has 28 heavy (non-hydrogen) atoms. The molecule has 0 N–H and O–H groups in total. The summed E-state index contributed by atoms with van der Waals surface area (Å²) < 4.78 is 2.06. The Labute approximate surface area is 164 Å². The van der Waals surface area contributed by atoms with Gasteiger partial charge >= 0.3 is 0 Å². The van der Waals surface area contributed by atoms with Crippen LogP contribution in [0.3, 0.4) is 0 Å². The second-order valence-electron chi connectivity index (χ2n) is 9.23. The number of aromatic nitrogens is 3. The number of amides is 1. The lowest BCUT2D eigenvalue weighted by Crippen LogP contribution is -2.31. The maximum Gasteiger partial charge on any atom is 0.233 e. The van der Waals surface area contributed by atoms with Crippen LogP contribution in [0.1, 0.15) is 44.5 Å². The first-order valence-electron chi connectivity index (χ1n) is 9.84. The van der Waals surface area contributed by atoms with Crippen molar-refractivity contribution in [3.63, 3.8) is 0 Å². The Balaban J connectivity index is 1.77. The number of rotatable bonds is 0. The molecule has 1 aromatic carbocycles. The summed E-state index contributed by atoms with van der Waals surface area (Å²) in [4.78, 5) is 15.4. The Morgan fingerprint density at radius 2 is 1.96 bits per heavy atom. The lowest BCUT2D eigenvalue weighted by molar-refractivity contribution is -0.134. The van der Waals surface area contributed by atoms with Gasteiger partial charge in [-0.25, -0.2) is 4.68 Å². The number of allylic oxidation sites excluding steroid dienone is 5. The van der Waals surface area contributed by atoms with E-state index in [1.165, 1.54) is 16.7 Å². The molecule has 1 aliphatic carbocycles. The summed E-state index contributed by atoms with van der Waals surface area (Å²) in [7, 11) is 0. The largest absolute Gasteiger partial charge is 0.310 e. The highest BCUT2D eigenvalue weighted by Crippen LogP contribution is 2.54. The van der Waals surface area contributed by atoms with Crippen LogP contribution in [0.5, 0.6) is 0 Å². The topological polar surface area (TPSA) is 51.0 Å². The Hall–Kier alpha value is -2.95. The number of benzene rings is 1. The van der Waals surface area contributed by atoms with E-state index < -0.39 is 5.41 Å². The lowest BCUT2D eigenvalue weighted by Gasteiger charge is -2.26. The summed E-state index contributed by atoms with van der Waals surface area (Å²) in [6, 6.07) is 6.42. The van der Waals surface area contributed by atoms with Crippen LogP contribution in [-0.2, 0) is 16.9 Å². The highest BCUT2D eigenvalue weighted by atomic mass is 16.2. The first kappa shape index (κ1) is 16.0. The third kappa shape index (κ3) is 1.62. The summed E-state index contributed by atoms with van der Waals surface area (Å²) in [6.45, 7) is 9.06. The van der Waals surface area contributed by atoms with E-state index in [2.05, 4.69) is 85.2 Å². The quantitative estimate of drug-likeness (QED) is 0.707. The van der Waals surface area contributed by atoms with E-state index in [9.17, 15) is 4.79 Å². The molecule has 5 heteroatoms. The molecule has 1 amide bonds. The normalized spacial score (nSPS) is 24.8. The maximum atomic E-state index is 13.5. The lowest BCUT2D eigenvalue weighted by atomic mass is 9.79. The van der Waals surface area contributed by atoms with Gasteiger partial charge in [0, 0.05) is 22.8 Å². The van der Waals surface area contributed by atoms with Gasteiger partial charge in [-0.05, 0) is 25.0 Å². The van der Waals surface area contributed by atoms with Gasteiger partial charge in [0.2, 0.25) is 5.91 Å². The smallest absolute Gasteiger partial charge is 0.233 e. The molecule has 5 nitrogen and oxygen atoms in total. The summed E-state index contributed by atoms with van der Waals surface area (Å²) in [6.07, 6.45) is 8.36. The molecule has 1 atom stereocenters. The molecule has 2 aromatic rings. The number of nitrogens with zero attached hydrogens (tertiary/aromatic N) is 4. The molecule has 1 saturated heterocycles. The average Bonchev–Trinajstić information content (AvgIpc) is 3.14. The third-order valence-electron chi connectivity index (χ3n) is 6.94. The predicted octanol–water partition coefficient (Wildman–Crippen LogP) is 3.88. The van der Waals surface area contributed by atoms with Crippen LogP contribution in [0.2, 0.25) is 0 Å². The minimum absolute atomic E-state index is 0.0292. The van der Waals surface area contributed by atoms with Crippen LogP contribution in [0.25, 0.3) is 16.8 Å². The van der Waals surface area contributed by atoms with Crippen molar-refractivity contribution in [2.24, 2.45) is 11.3 Å². The molecule has 3 aliphatic heterocycles. The fraction of sp³-hybridized carbons (Fsp3) is 0.348. The predicted molar refractivity (Wildman–Crippen MR) is 107 cm³/mol. The van der Waals surface area contributed by atoms with Gasteiger partial charge in [0.15, 0.2) is 0 Å². The zero-order valence-corrected chi connectivity index (χ0v) is 16.5. The summed E-state index contributed by atoms with van der Waals surface area (Å²) >= 11 is 0. The molecule has 0 saturated carbocycles. The van der Waals surface area contributed by atoms with Crippen molar-refractivity contribution in [3.05, 3.63) is 65.0 Å². The van der Waals surface area contributed by atoms with Crippen molar-refractivity contribution >= 4 is 11.5 Å². The zero-order valence-electron chi connectivity index (χ0n) is 16.5. The fourth-order valence-electron chi connectivity index (χ4n) is 5.40. The van der Waals surface area contributed by atoms with E-state index in [1.807, 2.05) is 4.90 Å². The average molecular weight is 370 g/mol. The standard InChI is InChI=1S/C23H22N4O/c1-22(2)16-10-6-5-9-14-18-20-17-13(12-26(19(14)16)21(22)28)8-7-11-15(17)23(3,4)27(20)25-24-18/h5-11,16H,12H2,1-4H3/t16-/m0/s1. The van der Waals surface area contributed by atoms with Gasteiger partial charge in [0.05, 0.1) is 23.2 Å². The fourth-order valence-corrected chi connectivity index (χ4v) is 5.40. The Morgan fingerprint density at radius 1 is 1.14 bits per heavy atom. The molecule has 0 unspecified atom stereocenters. The number of carbonyl (C=O) groups is 1. The molecule has 4 heterocycles. The van der Waals surface area contributed by atoms with Crippen molar-refractivity contribution < 1.29 is 4.79 Å². The van der Waals surface area contributed by atoms with Gasteiger partial charge in [0.25, 0.3) is 0 Å².